The Morgan fingerprint density at radius 1 is 0.842 bits per heavy atom. The SMILES string of the molecule is CCCCCN(CCCCCNCC(C)C)C(C)C. The summed E-state index contributed by atoms with van der Waals surface area (Å²) in [5.74, 6) is 0.773. The van der Waals surface area contributed by atoms with Gasteiger partial charge in [0.05, 0.1) is 0 Å². The van der Waals surface area contributed by atoms with Crippen LogP contribution in [0.5, 0.6) is 0 Å². The summed E-state index contributed by atoms with van der Waals surface area (Å²) in [5, 5.41) is 3.52. The van der Waals surface area contributed by atoms with E-state index in [0.29, 0.717) is 6.04 Å². The topological polar surface area (TPSA) is 15.3 Å². The zero-order valence-electron chi connectivity index (χ0n) is 14.2. The third kappa shape index (κ3) is 12.7. The Labute approximate surface area is 122 Å². The monoisotopic (exact) mass is 270 g/mol. The number of nitrogens with zero attached hydrogens (tertiary/aromatic N) is 1. The van der Waals surface area contributed by atoms with Crippen LogP contribution in [0.15, 0.2) is 0 Å². The fourth-order valence-corrected chi connectivity index (χ4v) is 2.33. The van der Waals surface area contributed by atoms with Crippen LogP contribution in [0.1, 0.15) is 73.1 Å². The second-order valence-corrected chi connectivity index (χ2v) is 6.50. The van der Waals surface area contributed by atoms with E-state index in [0.717, 1.165) is 12.5 Å². The lowest BCUT2D eigenvalue weighted by atomic mass is 10.1. The van der Waals surface area contributed by atoms with Gasteiger partial charge in [0.2, 0.25) is 0 Å². The predicted octanol–water partition coefficient (Wildman–Crippen LogP) is 4.30. The highest BCUT2D eigenvalue weighted by Gasteiger charge is 2.07. The summed E-state index contributed by atoms with van der Waals surface area (Å²) < 4.78 is 0. The van der Waals surface area contributed by atoms with Gasteiger partial charge in [-0.1, -0.05) is 40.0 Å². The highest BCUT2D eigenvalue weighted by Crippen LogP contribution is 2.06. The van der Waals surface area contributed by atoms with Crippen LogP contribution in [0.4, 0.5) is 0 Å². The van der Waals surface area contributed by atoms with Crippen molar-refractivity contribution in [3.05, 3.63) is 0 Å². The van der Waals surface area contributed by atoms with Crippen molar-refractivity contribution in [2.75, 3.05) is 26.2 Å². The first-order valence-electron chi connectivity index (χ1n) is 8.52. The molecule has 0 saturated heterocycles. The van der Waals surface area contributed by atoms with Gasteiger partial charge in [0.1, 0.15) is 0 Å². The molecule has 0 aliphatic rings. The molecule has 0 aliphatic heterocycles. The van der Waals surface area contributed by atoms with Crippen molar-refractivity contribution in [3.8, 4) is 0 Å². The number of hydrogen-bond donors (Lipinski definition) is 1. The summed E-state index contributed by atoms with van der Waals surface area (Å²) in [6, 6.07) is 0.705. The number of unbranched alkanes of at least 4 members (excludes halogenated alkanes) is 4. The molecular formula is C17H38N2. The van der Waals surface area contributed by atoms with E-state index in [-0.39, 0.29) is 0 Å². The zero-order chi connectivity index (χ0) is 14.5. The summed E-state index contributed by atoms with van der Waals surface area (Å²) in [5.41, 5.74) is 0. The minimum absolute atomic E-state index is 0.705. The van der Waals surface area contributed by atoms with Crippen LogP contribution in [0.2, 0.25) is 0 Å². The maximum atomic E-state index is 3.52. The van der Waals surface area contributed by atoms with Crippen LogP contribution < -0.4 is 5.32 Å². The molecule has 0 spiro atoms. The molecule has 0 heterocycles. The molecule has 0 aromatic heterocycles. The van der Waals surface area contributed by atoms with Crippen LogP contribution in [0, 0.1) is 5.92 Å². The molecule has 116 valence electrons. The molecule has 1 N–H and O–H groups in total. The highest BCUT2D eigenvalue weighted by molar-refractivity contribution is 4.63. The molecule has 0 bridgehead atoms. The van der Waals surface area contributed by atoms with E-state index in [1.165, 1.54) is 58.2 Å². The van der Waals surface area contributed by atoms with Gasteiger partial charge >= 0.3 is 0 Å². The Morgan fingerprint density at radius 3 is 2.00 bits per heavy atom. The van der Waals surface area contributed by atoms with E-state index in [9.17, 15) is 0 Å². The highest BCUT2D eigenvalue weighted by atomic mass is 15.1. The van der Waals surface area contributed by atoms with E-state index in [1.54, 1.807) is 0 Å². The van der Waals surface area contributed by atoms with Crippen LogP contribution >= 0.6 is 0 Å². The van der Waals surface area contributed by atoms with Crippen molar-refractivity contribution in [2.24, 2.45) is 5.92 Å². The lowest BCUT2D eigenvalue weighted by Crippen LogP contribution is -2.32. The molecular weight excluding hydrogens is 232 g/mol. The molecule has 0 fully saturated rings. The van der Waals surface area contributed by atoms with Gasteiger partial charge in [0.15, 0.2) is 0 Å². The Hall–Kier alpha value is -0.0800. The molecule has 2 nitrogen and oxygen atoms in total. The van der Waals surface area contributed by atoms with Gasteiger partial charge < -0.3 is 10.2 Å². The third-order valence-electron chi connectivity index (χ3n) is 3.63. The molecule has 0 amide bonds. The van der Waals surface area contributed by atoms with E-state index in [1.807, 2.05) is 0 Å². The molecule has 0 aromatic rings. The molecule has 0 saturated carbocycles. The Bertz CT molecular complexity index is 178. The van der Waals surface area contributed by atoms with Crippen molar-refractivity contribution in [2.45, 2.75) is 79.2 Å². The van der Waals surface area contributed by atoms with Crippen molar-refractivity contribution >= 4 is 0 Å². The molecule has 0 radical (unpaired) electrons. The van der Waals surface area contributed by atoms with E-state index >= 15 is 0 Å². The largest absolute Gasteiger partial charge is 0.316 e. The first-order valence-corrected chi connectivity index (χ1v) is 8.52. The van der Waals surface area contributed by atoms with Gasteiger partial charge in [-0.3, -0.25) is 0 Å². The second kappa shape index (κ2) is 12.9. The number of nitrogens with one attached hydrogen (secondary N) is 1. The lowest BCUT2D eigenvalue weighted by Gasteiger charge is -2.26. The standard InChI is InChI=1S/C17H38N2/c1-6-7-10-13-19(17(4)5)14-11-8-9-12-18-15-16(2)3/h16-18H,6-15H2,1-5H3. The number of hydrogen-bond acceptors (Lipinski definition) is 2. The summed E-state index contributed by atoms with van der Waals surface area (Å²) in [7, 11) is 0. The lowest BCUT2D eigenvalue weighted by molar-refractivity contribution is 0.212. The van der Waals surface area contributed by atoms with Crippen LogP contribution in [0.3, 0.4) is 0 Å². The van der Waals surface area contributed by atoms with Gasteiger partial charge in [0.25, 0.3) is 0 Å². The first-order chi connectivity index (χ1) is 9.07. The molecule has 0 rings (SSSR count). The minimum Gasteiger partial charge on any atom is -0.316 e. The fraction of sp³-hybridized carbons (Fsp3) is 1.00. The quantitative estimate of drug-likeness (QED) is 0.502. The summed E-state index contributed by atoms with van der Waals surface area (Å²) >= 11 is 0. The molecule has 0 unspecified atom stereocenters. The van der Waals surface area contributed by atoms with Crippen LogP contribution in [0.25, 0.3) is 0 Å². The maximum absolute atomic E-state index is 3.52. The Kier molecular flexibility index (Phi) is 12.9. The van der Waals surface area contributed by atoms with Gasteiger partial charge in [-0.2, -0.15) is 0 Å². The molecule has 2 heteroatoms. The van der Waals surface area contributed by atoms with E-state index in [4.69, 9.17) is 0 Å². The van der Waals surface area contributed by atoms with Crippen molar-refractivity contribution in [1.82, 2.24) is 10.2 Å². The summed E-state index contributed by atoms with van der Waals surface area (Å²) in [6.07, 6.45) is 8.11. The average Bonchev–Trinajstić information content (AvgIpc) is 2.34. The van der Waals surface area contributed by atoms with E-state index in [2.05, 4.69) is 44.8 Å². The van der Waals surface area contributed by atoms with Crippen LogP contribution in [-0.2, 0) is 0 Å². The molecule has 0 aromatic carbocycles. The number of rotatable bonds is 13. The van der Waals surface area contributed by atoms with Crippen molar-refractivity contribution in [3.63, 3.8) is 0 Å². The van der Waals surface area contributed by atoms with Crippen LogP contribution in [-0.4, -0.2) is 37.1 Å². The third-order valence-corrected chi connectivity index (χ3v) is 3.63. The minimum atomic E-state index is 0.705. The summed E-state index contributed by atoms with van der Waals surface area (Å²) in [6.45, 7) is 16.4. The van der Waals surface area contributed by atoms with E-state index < -0.39 is 0 Å². The van der Waals surface area contributed by atoms with Gasteiger partial charge in [-0.25, -0.2) is 0 Å². The predicted molar refractivity (Wildman–Crippen MR) is 87.8 cm³/mol. The van der Waals surface area contributed by atoms with Gasteiger partial charge in [0, 0.05) is 6.04 Å². The molecule has 0 atom stereocenters. The molecule has 0 aliphatic carbocycles. The smallest absolute Gasteiger partial charge is 0.00385 e. The Balaban J connectivity index is 3.48. The van der Waals surface area contributed by atoms with Crippen molar-refractivity contribution in [1.29, 1.82) is 0 Å². The second-order valence-electron chi connectivity index (χ2n) is 6.50. The van der Waals surface area contributed by atoms with Gasteiger partial charge in [-0.15, -0.1) is 0 Å². The molecule has 19 heavy (non-hydrogen) atoms. The summed E-state index contributed by atoms with van der Waals surface area (Å²) in [4.78, 5) is 2.65. The average molecular weight is 271 g/mol. The van der Waals surface area contributed by atoms with Gasteiger partial charge in [-0.05, 0) is 65.2 Å². The zero-order valence-corrected chi connectivity index (χ0v) is 14.2. The Morgan fingerprint density at radius 2 is 1.47 bits per heavy atom. The normalized spacial score (nSPS) is 12.0. The maximum Gasteiger partial charge on any atom is 0.00385 e. The fourth-order valence-electron chi connectivity index (χ4n) is 2.33. The van der Waals surface area contributed by atoms with Crippen molar-refractivity contribution < 1.29 is 0 Å². The first kappa shape index (κ1) is 18.9.